The molecule has 0 bridgehead atoms. The summed E-state index contributed by atoms with van der Waals surface area (Å²) in [7, 11) is 0. The Labute approximate surface area is 115 Å². The number of hydrogen-bond acceptors (Lipinski definition) is 3. The van der Waals surface area contributed by atoms with Crippen LogP contribution >= 0.6 is 11.6 Å². The monoisotopic (exact) mass is 275 g/mol. The number of oxime groups is 1. The third-order valence-electron chi connectivity index (χ3n) is 2.60. The van der Waals surface area contributed by atoms with E-state index in [4.69, 9.17) is 16.8 Å². The second kappa shape index (κ2) is 6.11. The summed E-state index contributed by atoms with van der Waals surface area (Å²) < 4.78 is 1.75. The van der Waals surface area contributed by atoms with E-state index in [2.05, 4.69) is 5.16 Å². The van der Waals surface area contributed by atoms with Crippen molar-refractivity contribution in [1.82, 2.24) is 0 Å². The van der Waals surface area contributed by atoms with Gasteiger partial charge < -0.3 is 5.21 Å². The Morgan fingerprint density at radius 2 is 2.05 bits per heavy atom. The SMILES string of the molecule is O=C(C[n+]1ccc(C=NO)cc1)c1cccc(Cl)c1. The highest BCUT2D eigenvalue weighted by Crippen LogP contribution is 2.11. The van der Waals surface area contributed by atoms with E-state index >= 15 is 0 Å². The first-order valence-electron chi connectivity index (χ1n) is 5.64. The lowest BCUT2D eigenvalue weighted by atomic mass is 10.1. The number of hydrogen-bond donors (Lipinski definition) is 1. The molecule has 0 atom stereocenters. The van der Waals surface area contributed by atoms with Gasteiger partial charge in [-0.25, -0.2) is 0 Å². The second-order valence-corrected chi connectivity index (χ2v) is 4.42. The van der Waals surface area contributed by atoms with Crippen LogP contribution in [0.4, 0.5) is 0 Å². The molecule has 19 heavy (non-hydrogen) atoms. The Hall–Kier alpha value is -2.20. The van der Waals surface area contributed by atoms with E-state index in [0.717, 1.165) is 5.56 Å². The summed E-state index contributed by atoms with van der Waals surface area (Å²) in [5.74, 6) is -0.0175. The molecule has 0 amide bonds. The molecule has 0 spiro atoms. The molecule has 0 saturated heterocycles. The second-order valence-electron chi connectivity index (χ2n) is 3.98. The van der Waals surface area contributed by atoms with Gasteiger partial charge in [-0.05, 0) is 12.1 Å². The number of rotatable bonds is 4. The smallest absolute Gasteiger partial charge is 0.227 e. The largest absolute Gasteiger partial charge is 0.411 e. The van der Waals surface area contributed by atoms with Gasteiger partial charge in [0.15, 0.2) is 12.4 Å². The van der Waals surface area contributed by atoms with E-state index in [-0.39, 0.29) is 12.3 Å². The van der Waals surface area contributed by atoms with Crippen molar-refractivity contribution in [2.75, 3.05) is 0 Å². The first kappa shape index (κ1) is 13.2. The number of halogens is 1. The van der Waals surface area contributed by atoms with E-state index in [1.54, 1.807) is 53.4 Å². The van der Waals surface area contributed by atoms with Crippen molar-refractivity contribution in [3.05, 3.63) is 64.9 Å². The number of carbonyl (C=O) groups excluding carboxylic acids is 1. The molecule has 0 unspecified atom stereocenters. The number of nitrogens with zero attached hydrogens (tertiary/aromatic N) is 2. The minimum Gasteiger partial charge on any atom is -0.411 e. The summed E-state index contributed by atoms with van der Waals surface area (Å²) in [6.45, 7) is 0.233. The van der Waals surface area contributed by atoms with Crippen LogP contribution in [0.1, 0.15) is 15.9 Å². The van der Waals surface area contributed by atoms with Gasteiger partial charge in [0.1, 0.15) is 0 Å². The average molecular weight is 276 g/mol. The zero-order valence-electron chi connectivity index (χ0n) is 10.0. The van der Waals surface area contributed by atoms with Gasteiger partial charge in [0.25, 0.3) is 0 Å². The number of aromatic nitrogens is 1. The van der Waals surface area contributed by atoms with Crippen LogP contribution in [0.5, 0.6) is 0 Å². The van der Waals surface area contributed by atoms with Gasteiger partial charge in [0.05, 0.1) is 6.21 Å². The quantitative estimate of drug-likeness (QED) is 0.306. The minimum atomic E-state index is -0.0175. The van der Waals surface area contributed by atoms with Crippen LogP contribution < -0.4 is 4.57 Å². The van der Waals surface area contributed by atoms with Gasteiger partial charge in [-0.1, -0.05) is 28.9 Å². The van der Waals surface area contributed by atoms with Gasteiger partial charge in [-0.3, -0.25) is 4.79 Å². The Bertz CT molecular complexity index is 609. The molecule has 96 valence electrons. The highest BCUT2D eigenvalue weighted by atomic mass is 35.5. The molecule has 1 heterocycles. The fraction of sp³-hybridized carbons (Fsp3) is 0.0714. The summed E-state index contributed by atoms with van der Waals surface area (Å²) in [5.41, 5.74) is 1.34. The lowest BCUT2D eigenvalue weighted by Crippen LogP contribution is -2.37. The fourth-order valence-electron chi connectivity index (χ4n) is 1.65. The number of ketones is 1. The maximum atomic E-state index is 12.0. The van der Waals surface area contributed by atoms with Gasteiger partial charge >= 0.3 is 0 Å². The molecule has 1 aromatic carbocycles. The Kier molecular flexibility index (Phi) is 4.26. The predicted octanol–water partition coefficient (Wildman–Crippen LogP) is 2.32. The zero-order valence-corrected chi connectivity index (χ0v) is 10.8. The fourth-order valence-corrected chi connectivity index (χ4v) is 1.84. The van der Waals surface area contributed by atoms with E-state index in [1.165, 1.54) is 6.21 Å². The maximum Gasteiger partial charge on any atom is 0.227 e. The molecule has 4 nitrogen and oxygen atoms in total. The van der Waals surface area contributed by atoms with Crippen LogP contribution in [0, 0.1) is 0 Å². The third-order valence-corrected chi connectivity index (χ3v) is 2.83. The molecule has 1 aromatic heterocycles. The van der Waals surface area contributed by atoms with Gasteiger partial charge in [-0.2, -0.15) is 4.57 Å². The van der Waals surface area contributed by atoms with E-state index in [9.17, 15) is 4.79 Å². The Morgan fingerprint density at radius 3 is 2.68 bits per heavy atom. The standard InChI is InChI=1S/C14H11ClN2O2/c15-13-3-1-2-12(8-13)14(18)10-17-6-4-11(5-7-17)9-16-19/h1-9H,10H2/p+1. The van der Waals surface area contributed by atoms with Gasteiger partial charge in [0.2, 0.25) is 12.3 Å². The molecule has 0 saturated carbocycles. The highest BCUT2D eigenvalue weighted by Gasteiger charge is 2.12. The third kappa shape index (κ3) is 3.63. The molecule has 2 rings (SSSR count). The van der Waals surface area contributed by atoms with Crippen molar-refractivity contribution in [1.29, 1.82) is 0 Å². The van der Waals surface area contributed by atoms with Crippen molar-refractivity contribution in [3.63, 3.8) is 0 Å². The molecule has 0 radical (unpaired) electrons. The zero-order chi connectivity index (χ0) is 13.7. The summed E-state index contributed by atoms with van der Waals surface area (Å²) >= 11 is 5.85. The molecule has 0 aliphatic carbocycles. The molecule has 5 heteroatoms. The lowest BCUT2D eigenvalue weighted by molar-refractivity contribution is -0.683. The summed E-state index contributed by atoms with van der Waals surface area (Å²) in [6.07, 6.45) is 4.82. The number of pyridine rings is 1. The van der Waals surface area contributed by atoms with Crippen LogP contribution in [0.3, 0.4) is 0 Å². The minimum absolute atomic E-state index is 0.0175. The lowest BCUT2D eigenvalue weighted by Gasteiger charge is -1.99. The number of carbonyl (C=O) groups is 1. The van der Waals surface area contributed by atoms with E-state index < -0.39 is 0 Å². The number of Topliss-reactive ketones (excluding diaryl/α,β-unsaturated/α-hetero) is 1. The van der Waals surface area contributed by atoms with Crippen LogP contribution in [0.15, 0.2) is 53.9 Å². The Morgan fingerprint density at radius 1 is 1.32 bits per heavy atom. The van der Waals surface area contributed by atoms with E-state index in [0.29, 0.717) is 10.6 Å². The highest BCUT2D eigenvalue weighted by molar-refractivity contribution is 6.30. The average Bonchev–Trinajstić information content (AvgIpc) is 2.41. The summed E-state index contributed by atoms with van der Waals surface area (Å²) in [6, 6.07) is 10.4. The van der Waals surface area contributed by atoms with Crippen molar-refractivity contribution in [2.45, 2.75) is 6.54 Å². The molecule has 0 aliphatic heterocycles. The van der Waals surface area contributed by atoms with Crippen LogP contribution in [0.25, 0.3) is 0 Å². The first-order chi connectivity index (χ1) is 9.19. The molecule has 2 aromatic rings. The van der Waals surface area contributed by atoms with Crippen molar-refractivity contribution in [2.24, 2.45) is 5.16 Å². The normalized spacial score (nSPS) is 10.8. The first-order valence-corrected chi connectivity index (χ1v) is 6.02. The molecular formula is C14H12ClN2O2+. The Balaban J connectivity index is 2.10. The maximum absolute atomic E-state index is 12.0. The van der Waals surface area contributed by atoms with Crippen molar-refractivity contribution in [3.8, 4) is 0 Å². The molecule has 1 N–H and O–H groups in total. The predicted molar refractivity (Wildman–Crippen MR) is 71.8 cm³/mol. The molecule has 0 aliphatic rings. The van der Waals surface area contributed by atoms with Crippen LogP contribution in [-0.4, -0.2) is 17.2 Å². The van der Waals surface area contributed by atoms with Crippen molar-refractivity contribution >= 4 is 23.6 Å². The topological polar surface area (TPSA) is 53.5 Å². The summed E-state index contributed by atoms with van der Waals surface area (Å²) in [4.78, 5) is 12.0. The van der Waals surface area contributed by atoms with Gasteiger partial charge in [-0.15, -0.1) is 0 Å². The van der Waals surface area contributed by atoms with Crippen LogP contribution in [0.2, 0.25) is 5.02 Å². The summed E-state index contributed by atoms with van der Waals surface area (Å²) in [5, 5.41) is 11.9. The van der Waals surface area contributed by atoms with Crippen molar-refractivity contribution < 1.29 is 14.6 Å². The van der Waals surface area contributed by atoms with Crippen LogP contribution in [-0.2, 0) is 6.54 Å². The molecular weight excluding hydrogens is 264 g/mol. The van der Waals surface area contributed by atoms with E-state index in [1.807, 2.05) is 0 Å². The number of benzene rings is 1. The molecule has 0 fully saturated rings. The van der Waals surface area contributed by atoms with Gasteiger partial charge in [0, 0.05) is 28.3 Å².